The van der Waals surface area contributed by atoms with Crippen molar-refractivity contribution < 1.29 is 4.42 Å². The lowest BCUT2D eigenvalue weighted by Gasteiger charge is -2.44. The van der Waals surface area contributed by atoms with E-state index in [1.807, 2.05) is 12.1 Å². The van der Waals surface area contributed by atoms with Crippen LogP contribution in [0.1, 0.15) is 52.7 Å². The number of anilines is 2. The summed E-state index contributed by atoms with van der Waals surface area (Å²) < 4.78 is 6.14. The third-order valence-electron chi connectivity index (χ3n) is 10.3. The van der Waals surface area contributed by atoms with Crippen LogP contribution in [0.5, 0.6) is 0 Å². The standard InChI is InChI=1S/C37H35NO/c1-35(2)30-21-25-11-7-8-12-27(25)34(33(30)36(3,4)37(35,5)6)38-26-18-15-23(16-19-26)24-17-20-29-28-13-9-10-14-31(28)39-32(29)22-24/h7-22,38H,1-6H3. The van der Waals surface area contributed by atoms with Crippen LogP contribution in [0.4, 0.5) is 11.4 Å². The van der Waals surface area contributed by atoms with Crippen molar-refractivity contribution in [3.8, 4) is 11.1 Å². The van der Waals surface area contributed by atoms with E-state index in [0.29, 0.717) is 0 Å². The molecule has 39 heavy (non-hydrogen) atoms. The van der Waals surface area contributed by atoms with E-state index in [4.69, 9.17) is 4.42 Å². The van der Waals surface area contributed by atoms with Gasteiger partial charge in [0.05, 0.1) is 5.69 Å². The van der Waals surface area contributed by atoms with E-state index in [1.165, 1.54) is 33.2 Å². The van der Waals surface area contributed by atoms with Gasteiger partial charge in [0.1, 0.15) is 11.2 Å². The first-order valence-electron chi connectivity index (χ1n) is 13.9. The molecular weight excluding hydrogens is 474 g/mol. The number of rotatable bonds is 3. The van der Waals surface area contributed by atoms with E-state index < -0.39 is 0 Å². The number of hydrogen-bond acceptors (Lipinski definition) is 2. The van der Waals surface area contributed by atoms with Crippen molar-refractivity contribution in [1.82, 2.24) is 0 Å². The summed E-state index contributed by atoms with van der Waals surface area (Å²) in [6.45, 7) is 14.5. The fraction of sp³-hybridized carbons (Fsp3) is 0.243. The molecule has 0 bridgehead atoms. The Morgan fingerprint density at radius 3 is 1.97 bits per heavy atom. The van der Waals surface area contributed by atoms with Crippen LogP contribution in [-0.4, -0.2) is 0 Å². The van der Waals surface area contributed by atoms with Crippen LogP contribution in [-0.2, 0) is 10.8 Å². The maximum absolute atomic E-state index is 6.14. The lowest BCUT2D eigenvalue weighted by molar-refractivity contribution is 0.125. The Bertz CT molecular complexity index is 1900. The molecule has 0 aliphatic heterocycles. The zero-order valence-corrected chi connectivity index (χ0v) is 23.6. The normalized spacial score (nSPS) is 17.1. The highest BCUT2D eigenvalue weighted by atomic mass is 16.3. The van der Waals surface area contributed by atoms with Crippen LogP contribution in [0.2, 0.25) is 0 Å². The lowest BCUT2D eigenvalue weighted by Crippen LogP contribution is -2.42. The molecule has 194 valence electrons. The van der Waals surface area contributed by atoms with Crippen LogP contribution < -0.4 is 5.32 Å². The van der Waals surface area contributed by atoms with E-state index in [-0.39, 0.29) is 16.2 Å². The smallest absolute Gasteiger partial charge is 0.136 e. The van der Waals surface area contributed by atoms with E-state index in [2.05, 4.69) is 132 Å². The highest BCUT2D eigenvalue weighted by molar-refractivity contribution is 6.06. The molecule has 0 saturated carbocycles. The van der Waals surface area contributed by atoms with Crippen molar-refractivity contribution in [2.24, 2.45) is 5.41 Å². The third-order valence-corrected chi connectivity index (χ3v) is 10.3. The van der Waals surface area contributed by atoms with Gasteiger partial charge in [-0.25, -0.2) is 0 Å². The predicted molar refractivity (Wildman–Crippen MR) is 166 cm³/mol. The Labute approximate surface area is 230 Å². The molecule has 2 heteroatoms. The molecule has 1 aromatic heterocycles. The fourth-order valence-corrected chi connectivity index (χ4v) is 6.85. The number of furan rings is 1. The molecule has 1 heterocycles. The Morgan fingerprint density at radius 1 is 0.564 bits per heavy atom. The largest absolute Gasteiger partial charge is 0.456 e. The van der Waals surface area contributed by atoms with Crippen molar-refractivity contribution in [3.63, 3.8) is 0 Å². The first-order valence-corrected chi connectivity index (χ1v) is 13.9. The zero-order valence-electron chi connectivity index (χ0n) is 23.6. The van der Waals surface area contributed by atoms with Crippen molar-refractivity contribution in [3.05, 3.63) is 108 Å². The highest BCUT2D eigenvalue weighted by Crippen LogP contribution is 2.64. The van der Waals surface area contributed by atoms with E-state index >= 15 is 0 Å². The lowest BCUT2D eigenvalue weighted by atomic mass is 9.59. The molecule has 0 fully saturated rings. The average Bonchev–Trinajstić information content (AvgIpc) is 3.34. The fourth-order valence-electron chi connectivity index (χ4n) is 6.85. The molecule has 0 spiro atoms. The van der Waals surface area contributed by atoms with Gasteiger partial charge < -0.3 is 9.73 Å². The van der Waals surface area contributed by atoms with Crippen molar-refractivity contribution in [2.45, 2.75) is 52.4 Å². The Balaban J connectivity index is 1.31. The molecule has 0 radical (unpaired) electrons. The van der Waals surface area contributed by atoms with Gasteiger partial charge in [0.15, 0.2) is 0 Å². The number of fused-ring (bicyclic) bond motifs is 5. The molecular formula is C37H35NO. The molecule has 0 amide bonds. The second-order valence-electron chi connectivity index (χ2n) is 12.8. The SMILES string of the molecule is CC1(C)c2cc3ccccc3c(Nc3ccc(-c4ccc5c(c4)oc4ccccc45)cc3)c2C(C)(C)C1(C)C. The van der Waals surface area contributed by atoms with Gasteiger partial charge in [-0.2, -0.15) is 0 Å². The molecule has 1 aliphatic carbocycles. The number of hydrogen-bond donors (Lipinski definition) is 1. The second-order valence-corrected chi connectivity index (χ2v) is 12.8. The molecule has 5 aromatic carbocycles. The van der Waals surface area contributed by atoms with E-state index in [0.717, 1.165) is 33.2 Å². The summed E-state index contributed by atoms with van der Waals surface area (Å²) in [6.07, 6.45) is 0. The Morgan fingerprint density at radius 2 is 1.21 bits per heavy atom. The second kappa shape index (κ2) is 7.99. The minimum absolute atomic E-state index is 0.000132. The van der Waals surface area contributed by atoms with Gasteiger partial charge in [0, 0.05) is 21.8 Å². The third kappa shape index (κ3) is 3.27. The number of benzene rings is 5. The van der Waals surface area contributed by atoms with Crippen LogP contribution in [0, 0.1) is 5.41 Å². The molecule has 6 aromatic rings. The minimum atomic E-state index is 0.000132. The average molecular weight is 510 g/mol. The van der Waals surface area contributed by atoms with Crippen LogP contribution >= 0.6 is 0 Å². The van der Waals surface area contributed by atoms with Gasteiger partial charge in [-0.05, 0) is 74.2 Å². The van der Waals surface area contributed by atoms with Crippen LogP contribution in [0.25, 0.3) is 43.8 Å². The van der Waals surface area contributed by atoms with Gasteiger partial charge in [0.2, 0.25) is 0 Å². The minimum Gasteiger partial charge on any atom is -0.456 e. The monoisotopic (exact) mass is 509 g/mol. The van der Waals surface area contributed by atoms with Crippen molar-refractivity contribution >= 4 is 44.1 Å². The summed E-state index contributed by atoms with van der Waals surface area (Å²) in [5, 5.41) is 8.77. The van der Waals surface area contributed by atoms with Gasteiger partial charge in [-0.15, -0.1) is 0 Å². The molecule has 7 rings (SSSR count). The van der Waals surface area contributed by atoms with E-state index in [9.17, 15) is 0 Å². The summed E-state index contributed by atoms with van der Waals surface area (Å²) in [7, 11) is 0. The summed E-state index contributed by atoms with van der Waals surface area (Å²) in [5.41, 5.74) is 9.56. The topological polar surface area (TPSA) is 25.2 Å². The maximum Gasteiger partial charge on any atom is 0.136 e. The number of nitrogens with one attached hydrogen (secondary N) is 1. The quantitative estimate of drug-likeness (QED) is 0.257. The highest BCUT2D eigenvalue weighted by Gasteiger charge is 2.58. The van der Waals surface area contributed by atoms with Gasteiger partial charge in [0.25, 0.3) is 0 Å². The Hall–Kier alpha value is -4.04. The van der Waals surface area contributed by atoms with Gasteiger partial charge >= 0.3 is 0 Å². The van der Waals surface area contributed by atoms with Gasteiger partial charge in [-0.3, -0.25) is 0 Å². The molecule has 1 N–H and O–H groups in total. The van der Waals surface area contributed by atoms with Crippen LogP contribution in [0.15, 0.2) is 101 Å². The summed E-state index contributed by atoms with van der Waals surface area (Å²) in [6, 6.07) is 34.8. The molecule has 0 unspecified atom stereocenters. The van der Waals surface area contributed by atoms with Gasteiger partial charge in [-0.1, -0.05) is 108 Å². The summed E-state index contributed by atoms with van der Waals surface area (Å²) in [4.78, 5) is 0. The van der Waals surface area contributed by atoms with Crippen molar-refractivity contribution in [1.29, 1.82) is 0 Å². The molecule has 0 atom stereocenters. The maximum atomic E-state index is 6.14. The van der Waals surface area contributed by atoms with E-state index in [1.54, 1.807) is 0 Å². The molecule has 0 saturated heterocycles. The molecule has 1 aliphatic rings. The first kappa shape index (κ1) is 24.0. The summed E-state index contributed by atoms with van der Waals surface area (Å²) in [5.74, 6) is 0. The summed E-state index contributed by atoms with van der Waals surface area (Å²) >= 11 is 0. The van der Waals surface area contributed by atoms with Crippen LogP contribution in [0.3, 0.4) is 0 Å². The Kier molecular flexibility index (Phi) is 4.92. The number of para-hydroxylation sites is 1. The first-order chi connectivity index (χ1) is 18.6. The molecule has 2 nitrogen and oxygen atoms in total. The van der Waals surface area contributed by atoms with Crippen molar-refractivity contribution in [2.75, 3.05) is 5.32 Å². The predicted octanol–water partition coefficient (Wildman–Crippen LogP) is 10.7. The zero-order chi connectivity index (χ0) is 27.2.